The van der Waals surface area contributed by atoms with Crippen molar-refractivity contribution in [3.8, 4) is 11.5 Å². The number of anilines is 1. The molecule has 0 saturated carbocycles. The smallest absolute Gasteiger partial charge is 0.412 e. The summed E-state index contributed by atoms with van der Waals surface area (Å²) in [5.74, 6) is 1.45. The lowest BCUT2D eigenvalue weighted by Gasteiger charge is -2.35. The maximum Gasteiger partial charge on any atom is 0.412 e. The number of hydrogen-bond acceptors (Lipinski definition) is 4. The van der Waals surface area contributed by atoms with E-state index in [2.05, 4.69) is 49.5 Å². The molecule has 0 spiro atoms. The largest absolute Gasteiger partial charge is 0.492 e. The number of ether oxygens (including phenoxy) is 2. The Morgan fingerprint density at radius 1 is 1.00 bits per heavy atom. The minimum absolute atomic E-state index is 0.102. The fourth-order valence-electron chi connectivity index (χ4n) is 4.01. The number of aryl methyl sites for hydroxylation is 2. The van der Waals surface area contributed by atoms with Gasteiger partial charge in [0, 0.05) is 36.2 Å². The third-order valence-electron chi connectivity index (χ3n) is 5.81. The minimum Gasteiger partial charge on any atom is -0.492 e. The summed E-state index contributed by atoms with van der Waals surface area (Å²) >= 11 is 0. The summed E-state index contributed by atoms with van der Waals surface area (Å²) in [5, 5.41) is 2.46. The number of rotatable bonds is 3. The van der Waals surface area contributed by atoms with Crippen LogP contribution in [0.1, 0.15) is 39.7 Å². The van der Waals surface area contributed by atoms with Crippen LogP contribution in [0.4, 0.5) is 10.5 Å². The molecule has 0 bridgehead atoms. The number of hydrogen-bond donors (Lipinski definition) is 2. The lowest BCUT2D eigenvalue weighted by Crippen LogP contribution is -2.26. The van der Waals surface area contributed by atoms with Crippen LogP contribution in [0, 0.1) is 13.8 Å². The van der Waals surface area contributed by atoms with Gasteiger partial charge in [0.2, 0.25) is 0 Å². The number of benzene rings is 3. The Morgan fingerprint density at radius 2 is 1.73 bits per heavy atom. The number of carbonyl (C=O) groups is 1. The molecule has 0 fully saturated rings. The van der Waals surface area contributed by atoms with Crippen molar-refractivity contribution in [3.63, 3.8) is 0 Å². The summed E-state index contributed by atoms with van der Waals surface area (Å²) in [5.41, 5.74) is 12.7. The van der Waals surface area contributed by atoms with E-state index in [0.29, 0.717) is 12.4 Å². The Bertz CT molecular complexity index is 1080. The van der Waals surface area contributed by atoms with E-state index in [9.17, 15) is 4.79 Å². The van der Waals surface area contributed by atoms with E-state index in [1.165, 1.54) is 29.3 Å². The van der Waals surface area contributed by atoms with Crippen LogP contribution in [0.15, 0.2) is 60.7 Å². The van der Waals surface area contributed by atoms with Gasteiger partial charge in [0.05, 0.1) is 6.61 Å². The summed E-state index contributed by atoms with van der Waals surface area (Å²) < 4.78 is 11.4. The van der Waals surface area contributed by atoms with Crippen LogP contribution >= 0.6 is 0 Å². The number of nitrogens with two attached hydrogens (primary N) is 1. The monoisotopic (exact) mass is 402 g/mol. The second-order valence-corrected chi connectivity index (χ2v) is 7.74. The fraction of sp³-hybridized carbons (Fsp3) is 0.240. The van der Waals surface area contributed by atoms with Gasteiger partial charge in [-0.25, -0.2) is 4.79 Å². The zero-order valence-corrected chi connectivity index (χ0v) is 17.4. The van der Waals surface area contributed by atoms with Gasteiger partial charge in [-0.15, -0.1) is 0 Å². The lowest BCUT2D eigenvalue weighted by molar-refractivity contribution is 0.202. The molecule has 3 aromatic rings. The minimum atomic E-state index is -0.506. The zero-order chi connectivity index (χ0) is 21.3. The molecular formula is C25H26N2O3. The Balaban J connectivity index is 1.78. The van der Waals surface area contributed by atoms with Crippen molar-refractivity contribution in [3.05, 3.63) is 88.5 Å². The maximum absolute atomic E-state index is 11.6. The van der Waals surface area contributed by atoms with E-state index in [1.807, 2.05) is 24.3 Å². The predicted molar refractivity (Wildman–Crippen MR) is 118 cm³/mol. The van der Waals surface area contributed by atoms with Crippen LogP contribution in [0.2, 0.25) is 0 Å². The first kappa shape index (κ1) is 19.8. The molecular weight excluding hydrogens is 376 g/mol. The fourth-order valence-corrected chi connectivity index (χ4v) is 4.01. The molecule has 4 rings (SSSR count). The maximum atomic E-state index is 11.6. The number of amides is 1. The Hall–Kier alpha value is -3.47. The van der Waals surface area contributed by atoms with Crippen LogP contribution in [-0.4, -0.2) is 19.7 Å². The standard InChI is InChI=1S/C25H26N2O3/c1-15-4-5-18(12-16(15)2)22-14-29-23-13-20(30-25(28)27-3)10-11-21(23)24(22)17-6-8-19(26)9-7-17/h4-13,22,24H,14,26H2,1-3H3,(H,27,28). The molecule has 0 radical (unpaired) electrons. The number of carbonyl (C=O) groups excluding carboxylic acids is 1. The summed E-state index contributed by atoms with van der Waals surface area (Å²) in [7, 11) is 1.53. The van der Waals surface area contributed by atoms with E-state index in [-0.39, 0.29) is 11.8 Å². The van der Waals surface area contributed by atoms with Crippen LogP contribution in [-0.2, 0) is 0 Å². The molecule has 1 aliphatic heterocycles. The second-order valence-electron chi connectivity index (χ2n) is 7.74. The first-order chi connectivity index (χ1) is 14.5. The van der Waals surface area contributed by atoms with Gasteiger partial charge in [-0.3, -0.25) is 0 Å². The van der Waals surface area contributed by atoms with Crippen LogP contribution < -0.4 is 20.5 Å². The summed E-state index contributed by atoms with van der Waals surface area (Å²) in [6, 6.07) is 20.2. The Kier molecular flexibility index (Phi) is 5.36. The Morgan fingerprint density at radius 3 is 2.43 bits per heavy atom. The van der Waals surface area contributed by atoms with Gasteiger partial charge in [-0.1, -0.05) is 36.4 Å². The molecule has 5 heteroatoms. The highest BCUT2D eigenvalue weighted by Gasteiger charge is 2.34. The van der Waals surface area contributed by atoms with E-state index >= 15 is 0 Å². The molecule has 1 aliphatic rings. The summed E-state index contributed by atoms with van der Waals surface area (Å²) in [4.78, 5) is 11.6. The van der Waals surface area contributed by atoms with E-state index in [0.717, 1.165) is 17.0 Å². The average Bonchev–Trinajstić information content (AvgIpc) is 2.75. The van der Waals surface area contributed by atoms with E-state index < -0.39 is 6.09 Å². The quantitative estimate of drug-likeness (QED) is 0.611. The molecule has 3 N–H and O–H groups in total. The van der Waals surface area contributed by atoms with Crippen molar-refractivity contribution in [1.29, 1.82) is 0 Å². The molecule has 30 heavy (non-hydrogen) atoms. The summed E-state index contributed by atoms with van der Waals surface area (Å²) in [6.07, 6.45) is -0.506. The van der Waals surface area contributed by atoms with Gasteiger partial charge in [-0.2, -0.15) is 0 Å². The number of nitrogens with one attached hydrogen (secondary N) is 1. The topological polar surface area (TPSA) is 73.6 Å². The van der Waals surface area contributed by atoms with Crippen LogP contribution in [0.25, 0.3) is 0 Å². The third-order valence-corrected chi connectivity index (χ3v) is 5.81. The van der Waals surface area contributed by atoms with Crippen LogP contribution in [0.5, 0.6) is 11.5 Å². The number of nitrogen functional groups attached to an aromatic ring is 1. The van der Waals surface area contributed by atoms with Crippen molar-refractivity contribution in [2.45, 2.75) is 25.7 Å². The SMILES string of the molecule is CNC(=O)Oc1ccc2c(c1)OCC(c1ccc(C)c(C)c1)C2c1ccc(N)cc1. The molecule has 1 heterocycles. The predicted octanol–water partition coefficient (Wildman–Crippen LogP) is 4.91. The van der Waals surface area contributed by atoms with E-state index in [4.69, 9.17) is 15.2 Å². The van der Waals surface area contributed by atoms with Crippen molar-refractivity contribution in [2.24, 2.45) is 0 Å². The molecule has 154 valence electrons. The first-order valence-electron chi connectivity index (χ1n) is 10.0. The molecule has 0 aromatic heterocycles. The highest BCUT2D eigenvalue weighted by molar-refractivity contribution is 5.70. The molecule has 2 unspecified atom stereocenters. The number of fused-ring (bicyclic) bond motifs is 1. The van der Waals surface area contributed by atoms with Gasteiger partial charge in [0.1, 0.15) is 11.5 Å². The van der Waals surface area contributed by atoms with Gasteiger partial charge < -0.3 is 20.5 Å². The second kappa shape index (κ2) is 8.11. The summed E-state index contributed by atoms with van der Waals surface area (Å²) in [6.45, 7) is 4.79. The van der Waals surface area contributed by atoms with Crippen molar-refractivity contribution in [1.82, 2.24) is 5.32 Å². The highest BCUT2D eigenvalue weighted by Crippen LogP contribution is 2.47. The average molecular weight is 402 g/mol. The highest BCUT2D eigenvalue weighted by atomic mass is 16.6. The van der Waals surface area contributed by atoms with Gasteiger partial charge >= 0.3 is 6.09 Å². The lowest BCUT2D eigenvalue weighted by atomic mass is 9.75. The van der Waals surface area contributed by atoms with Gasteiger partial charge in [0.15, 0.2) is 0 Å². The first-order valence-corrected chi connectivity index (χ1v) is 10.0. The zero-order valence-electron chi connectivity index (χ0n) is 17.4. The van der Waals surface area contributed by atoms with Crippen molar-refractivity contribution in [2.75, 3.05) is 19.4 Å². The van der Waals surface area contributed by atoms with E-state index in [1.54, 1.807) is 6.07 Å². The van der Waals surface area contributed by atoms with Crippen molar-refractivity contribution >= 4 is 11.8 Å². The Labute approximate surface area is 176 Å². The van der Waals surface area contributed by atoms with Gasteiger partial charge in [0.25, 0.3) is 0 Å². The van der Waals surface area contributed by atoms with Crippen molar-refractivity contribution < 1.29 is 14.3 Å². The molecule has 3 aromatic carbocycles. The normalized spacial score (nSPS) is 17.6. The van der Waals surface area contributed by atoms with Crippen LogP contribution in [0.3, 0.4) is 0 Å². The third kappa shape index (κ3) is 3.83. The molecule has 0 saturated heterocycles. The van der Waals surface area contributed by atoms with Gasteiger partial charge in [-0.05, 0) is 54.3 Å². The molecule has 1 amide bonds. The molecule has 0 aliphatic carbocycles. The molecule has 5 nitrogen and oxygen atoms in total. The molecule has 2 atom stereocenters.